The Morgan fingerprint density at radius 3 is 2.68 bits per heavy atom. The minimum Gasteiger partial charge on any atom is -0.507 e. The van der Waals surface area contributed by atoms with Gasteiger partial charge in [0.2, 0.25) is 0 Å². The van der Waals surface area contributed by atoms with E-state index in [4.69, 9.17) is 9.15 Å². The lowest BCUT2D eigenvalue weighted by Gasteiger charge is -2.31. The Labute approximate surface area is 127 Å². The molecule has 0 fully saturated rings. The molecule has 1 aromatic heterocycles. The van der Waals surface area contributed by atoms with E-state index in [0.717, 1.165) is 6.42 Å². The number of hydrogen-bond donors (Lipinski definition) is 1. The van der Waals surface area contributed by atoms with Crippen LogP contribution in [0.25, 0.3) is 11.0 Å². The molecule has 0 unspecified atom stereocenters. The molecule has 2 aromatic rings. The monoisotopic (exact) mass is 302 g/mol. The van der Waals surface area contributed by atoms with E-state index in [1.54, 1.807) is 13.8 Å². The number of rotatable bonds is 2. The predicted molar refractivity (Wildman–Crippen MR) is 81.8 cm³/mol. The summed E-state index contributed by atoms with van der Waals surface area (Å²) < 4.78 is 11.0. The maximum atomic E-state index is 12.5. The molecule has 116 valence electrons. The van der Waals surface area contributed by atoms with E-state index in [-0.39, 0.29) is 34.8 Å². The lowest BCUT2D eigenvalue weighted by atomic mass is 9.90. The van der Waals surface area contributed by atoms with Gasteiger partial charge in [0.25, 0.3) is 0 Å². The lowest BCUT2D eigenvalue weighted by Crippen LogP contribution is -2.36. The number of ether oxygens (including phenoxy) is 1. The minimum absolute atomic E-state index is 0.0357. The van der Waals surface area contributed by atoms with Crippen molar-refractivity contribution in [1.29, 1.82) is 0 Å². The molecule has 0 atom stereocenters. The summed E-state index contributed by atoms with van der Waals surface area (Å²) in [4.78, 5) is 24.3. The number of phenols is 1. The Morgan fingerprint density at radius 2 is 2.00 bits per heavy atom. The summed E-state index contributed by atoms with van der Waals surface area (Å²) in [5.41, 5.74) is -0.104. The van der Waals surface area contributed by atoms with E-state index in [1.165, 1.54) is 12.1 Å². The number of phenolic OH excluding ortho intramolecular Hbond substituents is 1. The zero-order valence-corrected chi connectivity index (χ0v) is 12.9. The molecule has 0 spiro atoms. The second kappa shape index (κ2) is 4.87. The van der Waals surface area contributed by atoms with Gasteiger partial charge in [-0.2, -0.15) is 0 Å². The molecular weight excluding hydrogens is 284 g/mol. The van der Waals surface area contributed by atoms with Crippen LogP contribution in [0.15, 0.2) is 21.3 Å². The van der Waals surface area contributed by atoms with Crippen molar-refractivity contribution in [2.24, 2.45) is 0 Å². The Morgan fingerprint density at radius 1 is 1.27 bits per heavy atom. The van der Waals surface area contributed by atoms with Gasteiger partial charge in [-0.3, -0.25) is 4.79 Å². The van der Waals surface area contributed by atoms with Crippen LogP contribution in [0.4, 0.5) is 0 Å². The summed E-state index contributed by atoms with van der Waals surface area (Å²) >= 11 is 0. The van der Waals surface area contributed by atoms with Gasteiger partial charge in [0.1, 0.15) is 22.7 Å². The highest BCUT2D eigenvalue weighted by Crippen LogP contribution is 2.42. The predicted octanol–water partition coefficient (Wildman–Crippen LogP) is 3.19. The first kappa shape index (κ1) is 14.6. The summed E-state index contributed by atoms with van der Waals surface area (Å²) in [6.07, 6.45) is 1.63. The fourth-order valence-electron chi connectivity index (χ4n) is 3.00. The second-order valence-electron chi connectivity index (χ2n) is 6.28. The van der Waals surface area contributed by atoms with Crippen molar-refractivity contribution in [3.05, 3.63) is 33.7 Å². The first-order valence-electron chi connectivity index (χ1n) is 7.37. The van der Waals surface area contributed by atoms with Crippen LogP contribution in [0.2, 0.25) is 0 Å². The number of aryl methyl sites for hydroxylation is 1. The first-order valence-corrected chi connectivity index (χ1v) is 7.37. The van der Waals surface area contributed by atoms with Crippen molar-refractivity contribution in [2.75, 3.05) is 0 Å². The molecule has 1 aromatic carbocycles. The van der Waals surface area contributed by atoms with Gasteiger partial charge in [0.05, 0.1) is 11.8 Å². The molecule has 3 rings (SSSR count). The molecule has 0 aliphatic carbocycles. The normalized spacial score (nSPS) is 16.4. The van der Waals surface area contributed by atoms with E-state index >= 15 is 0 Å². The average Bonchev–Trinajstić information content (AvgIpc) is 2.35. The molecule has 5 heteroatoms. The fraction of sp³-hybridized carbons (Fsp3) is 0.412. The highest BCUT2D eigenvalue weighted by molar-refractivity contribution is 6.11. The molecule has 22 heavy (non-hydrogen) atoms. The van der Waals surface area contributed by atoms with Crippen molar-refractivity contribution in [1.82, 2.24) is 0 Å². The maximum Gasteiger partial charge on any atom is 0.336 e. The lowest BCUT2D eigenvalue weighted by molar-refractivity contribution is 0.0620. The van der Waals surface area contributed by atoms with Crippen LogP contribution in [-0.4, -0.2) is 16.5 Å². The molecule has 5 nitrogen and oxygen atoms in total. The van der Waals surface area contributed by atoms with Crippen LogP contribution in [0.5, 0.6) is 11.5 Å². The Hall–Kier alpha value is -2.30. The van der Waals surface area contributed by atoms with Gasteiger partial charge in [-0.15, -0.1) is 0 Å². The van der Waals surface area contributed by atoms with Gasteiger partial charge in [-0.25, -0.2) is 4.79 Å². The van der Waals surface area contributed by atoms with E-state index in [0.29, 0.717) is 17.4 Å². The molecule has 0 amide bonds. The highest BCUT2D eigenvalue weighted by atomic mass is 16.5. The Bertz CT molecular complexity index is 829. The van der Waals surface area contributed by atoms with E-state index < -0.39 is 11.2 Å². The average molecular weight is 302 g/mol. The van der Waals surface area contributed by atoms with Gasteiger partial charge in [-0.1, -0.05) is 13.3 Å². The van der Waals surface area contributed by atoms with Gasteiger partial charge in [-0.05, 0) is 25.8 Å². The van der Waals surface area contributed by atoms with Crippen molar-refractivity contribution < 1.29 is 19.1 Å². The SMILES string of the molecule is CCCc1cc(=O)oc2c3c(cc(O)c12)OC(C)(C)CC3=O. The van der Waals surface area contributed by atoms with E-state index in [2.05, 4.69) is 0 Å². The molecule has 0 saturated carbocycles. The smallest absolute Gasteiger partial charge is 0.336 e. The molecule has 0 bridgehead atoms. The van der Waals surface area contributed by atoms with Crippen molar-refractivity contribution in [2.45, 2.75) is 45.6 Å². The Balaban J connectivity index is 2.39. The second-order valence-corrected chi connectivity index (χ2v) is 6.28. The van der Waals surface area contributed by atoms with Crippen molar-refractivity contribution >= 4 is 16.8 Å². The first-order chi connectivity index (χ1) is 10.3. The summed E-state index contributed by atoms with van der Waals surface area (Å²) in [5.74, 6) is 0.0857. The van der Waals surface area contributed by atoms with Crippen LogP contribution in [0.1, 0.15) is 49.5 Å². The number of benzene rings is 1. The number of Topliss-reactive ketones (excluding diaryl/α,β-unsaturated/α-hetero) is 1. The zero-order valence-electron chi connectivity index (χ0n) is 12.9. The summed E-state index contributed by atoms with van der Waals surface area (Å²) in [7, 11) is 0. The van der Waals surface area contributed by atoms with Crippen LogP contribution in [-0.2, 0) is 6.42 Å². The van der Waals surface area contributed by atoms with Crippen LogP contribution >= 0.6 is 0 Å². The molecule has 2 heterocycles. The van der Waals surface area contributed by atoms with Crippen molar-refractivity contribution in [3.8, 4) is 11.5 Å². The number of fused-ring (bicyclic) bond motifs is 3. The fourth-order valence-corrected chi connectivity index (χ4v) is 3.00. The maximum absolute atomic E-state index is 12.5. The number of carbonyl (C=O) groups excluding carboxylic acids is 1. The molecular formula is C17H18O5. The largest absolute Gasteiger partial charge is 0.507 e. The number of ketones is 1. The quantitative estimate of drug-likeness (QED) is 0.862. The summed E-state index contributed by atoms with van der Waals surface area (Å²) in [6.45, 7) is 5.59. The number of aromatic hydroxyl groups is 1. The molecule has 0 radical (unpaired) electrons. The molecule has 1 aliphatic rings. The van der Waals surface area contributed by atoms with Crippen LogP contribution in [0, 0.1) is 0 Å². The third kappa shape index (κ3) is 2.26. The topological polar surface area (TPSA) is 76.7 Å². The number of hydrogen-bond acceptors (Lipinski definition) is 5. The summed E-state index contributed by atoms with van der Waals surface area (Å²) in [6, 6.07) is 2.81. The van der Waals surface area contributed by atoms with Gasteiger partial charge < -0.3 is 14.3 Å². The zero-order chi connectivity index (χ0) is 16.1. The molecule has 0 saturated heterocycles. The molecule has 1 N–H and O–H groups in total. The van der Waals surface area contributed by atoms with Gasteiger partial charge >= 0.3 is 5.63 Å². The van der Waals surface area contributed by atoms with E-state index in [1.807, 2.05) is 6.92 Å². The van der Waals surface area contributed by atoms with Crippen LogP contribution in [0.3, 0.4) is 0 Å². The van der Waals surface area contributed by atoms with Crippen molar-refractivity contribution in [3.63, 3.8) is 0 Å². The van der Waals surface area contributed by atoms with E-state index in [9.17, 15) is 14.7 Å². The molecule has 1 aliphatic heterocycles. The third-order valence-corrected chi connectivity index (χ3v) is 3.81. The summed E-state index contributed by atoms with van der Waals surface area (Å²) in [5, 5.41) is 10.8. The van der Waals surface area contributed by atoms with Gasteiger partial charge in [0.15, 0.2) is 11.4 Å². The van der Waals surface area contributed by atoms with Gasteiger partial charge in [0, 0.05) is 12.1 Å². The van der Waals surface area contributed by atoms with Crippen LogP contribution < -0.4 is 10.4 Å². The highest BCUT2D eigenvalue weighted by Gasteiger charge is 2.35. The Kier molecular flexibility index (Phi) is 3.24. The third-order valence-electron chi connectivity index (χ3n) is 3.81. The standard InChI is InChI=1S/C17H18O5/c1-4-5-9-6-13(20)21-16-14(9)10(18)7-12-15(16)11(19)8-17(2,3)22-12/h6-7,18H,4-5,8H2,1-3H3. The minimum atomic E-state index is -0.647. The number of carbonyl (C=O) groups is 1.